The first-order valence-electron chi connectivity index (χ1n) is 5.79. The Morgan fingerprint density at radius 3 is 2.76 bits per heavy atom. The smallest absolute Gasteiger partial charge is 0.0382 e. The zero-order chi connectivity index (χ0) is 11.9. The first-order valence-corrected chi connectivity index (χ1v) is 6.59. The zero-order valence-electron chi connectivity index (χ0n) is 9.70. The van der Waals surface area contributed by atoms with Crippen LogP contribution >= 0.6 is 15.9 Å². The summed E-state index contributed by atoms with van der Waals surface area (Å²) in [6, 6.07) is 17.2. The van der Waals surface area contributed by atoms with Gasteiger partial charge < -0.3 is 5.32 Å². The van der Waals surface area contributed by atoms with E-state index in [1.807, 2.05) is 0 Å². The van der Waals surface area contributed by atoms with Gasteiger partial charge in [-0.3, -0.25) is 0 Å². The standard InChI is InChI=1S/C15H14BrN/c1-15(11-5-4-6-12(16)9-11)10-17-14-8-3-2-7-13(14)15/h2-9,17H,10H2,1H3. The van der Waals surface area contributed by atoms with Gasteiger partial charge >= 0.3 is 0 Å². The molecule has 0 aromatic heterocycles. The molecule has 0 saturated heterocycles. The monoisotopic (exact) mass is 287 g/mol. The molecule has 1 atom stereocenters. The van der Waals surface area contributed by atoms with Crippen molar-refractivity contribution in [3.05, 3.63) is 64.1 Å². The van der Waals surface area contributed by atoms with Gasteiger partial charge in [-0.05, 0) is 36.2 Å². The van der Waals surface area contributed by atoms with Gasteiger partial charge in [0, 0.05) is 22.1 Å². The van der Waals surface area contributed by atoms with Gasteiger partial charge in [-0.1, -0.05) is 46.3 Å². The minimum absolute atomic E-state index is 0.0698. The Balaban J connectivity index is 2.15. The second kappa shape index (κ2) is 3.88. The molecule has 1 aliphatic rings. The number of nitrogens with one attached hydrogen (secondary N) is 1. The van der Waals surface area contributed by atoms with Crippen LogP contribution in [-0.4, -0.2) is 6.54 Å². The van der Waals surface area contributed by atoms with E-state index in [1.54, 1.807) is 0 Å². The van der Waals surface area contributed by atoms with E-state index in [9.17, 15) is 0 Å². The molecule has 0 amide bonds. The SMILES string of the molecule is CC1(c2cccc(Br)c2)CNc2ccccc21. The lowest BCUT2D eigenvalue weighted by Gasteiger charge is -2.25. The van der Waals surface area contributed by atoms with Crippen LogP contribution in [-0.2, 0) is 5.41 Å². The zero-order valence-corrected chi connectivity index (χ0v) is 11.3. The van der Waals surface area contributed by atoms with E-state index in [0.29, 0.717) is 0 Å². The predicted octanol–water partition coefficient (Wildman–Crippen LogP) is 4.18. The predicted molar refractivity (Wildman–Crippen MR) is 75.5 cm³/mol. The summed E-state index contributed by atoms with van der Waals surface area (Å²) >= 11 is 3.55. The van der Waals surface area contributed by atoms with Crippen molar-refractivity contribution < 1.29 is 0 Å². The van der Waals surface area contributed by atoms with Gasteiger partial charge in [0.05, 0.1) is 0 Å². The maximum atomic E-state index is 3.55. The van der Waals surface area contributed by atoms with Crippen LogP contribution in [0.5, 0.6) is 0 Å². The van der Waals surface area contributed by atoms with Gasteiger partial charge in [0.25, 0.3) is 0 Å². The van der Waals surface area contributed by atoms with E-state index in [2.05, 4.69) is 76.7 Å². The molecule has 1 nitrogen and oxygen atoms in total. The van der Waals surface area contributed by atoms with Crippen LogP contribution in [0.15, 0.2) is 53.0 Å². The Hall–Kier alpha value is -1.28. The largest absolute Gasteiger partial charge is 0.384 e. The lowest BCUT2D eigenvalue weighted by atomic mass is 9.78. The van der Waals surface area contributed by atoms with Gasteiger partial charge in [-0.25, -0.2) is 0 Å². The van der Waals surface area contributed by atoms with Crippen LogP contribution in [0.1, 0.15) is 18.1 Å². The molecule has 2 heteroatoms. The number of anilines is 1. The Bertz CT molecular complexity index is 564. The lowest BCUT2D eigenvalue weighted by Crippen LogP contribution is -2.25. The van der Waals surface area contributed by atoms with E-state index in [4.69, 9.17) is 0 Å². The second-order valence-electron chi connectivity index (χ2n) is 4.74. The first kappa shape index (κ1) is 10.8. The molecule has 2 aromatic rings. The van der Waals surface area contributed by atoms with Crippen molar-refractivity contribution in [3.8, 4) is 0 Å². The van der Waals surface area contributed by atoms with Crippen LogP contribution in [0.25, 0.3) is 0 Å². The number of fused-ring (bicyclic) bond motifs is 1. The van der Waals surface area contributed by atoms with Gasteiger partial charge in [-0.2, -0.15) is 0 Å². The number of benzene rings is 2. The molecule has 0 saturated carbocycles. The third-order valence-electron chi connectivity index (χ3n) is 3.62. The molecule has 17 heavy (non-hydrogen) atoms. The number of hydrogen-bond acceptors (Lipinski definition) is 1. The van der Waals surface area contributed by atoms with Gasteiger partial charge in [0.2, 0.25) is 0 Å². The van der Waals surface area contributed by atoms with Crippen LogP contribution in [0.3, 0.4) is 0 Å². The maximum absolute atomic E-state index is 3.55. The summed E-state index contributed by atoms with van der Waals surface area (Å²) in [7, 11) is 0. The second-order valence-corrected chi connectivity index (χ2v) is 5.66. The fraction of sp³-hybridized carbons (Fsp3) is 0.200. The molecule has 2 aromatic carbocycles. The Kier molecular flexibility index (Phi) is 2.48. The summed E-state index contributed by atoms with van der Waals surface area (Å²) in [5.74, 6) is 0. The molecule has 0 radical (unpaired) electrons. The summed E-state index contributed by atoms with van der Waals surface area (Å²) < 4.78 is 1.14. The van der Waals surface area contributed by atoms with E-state index >= 15 is 0 Å². The van der Waals surface area contributed by atoms with E-state index in [-0.39, 0.29) is 5.41 Å². The molecule has 3 rings (SSSR count). The molecular formula is C15H14BrN. The first-order chi connectivity index (χ1) is 8.20. The van der Waals surface area contributed by atoms with E-state index in [1.165, 1.54) is 16.8 Å². The lowest BCUT2D eigenvalue weighted by molar-refractivity contribution is 0.635. The average Bonchev–Trinajstić information content (AvgIpc) is 2.69. The molecule has 1 heterocycles. The minimum atomic E-state index is 0.0698. The van der Waals surface area contributed by atoms with Gasteiger partial charge in [-0.15, -0.1) is 0 Å². The van der Waals surface area contributed by atoms with Gasteiger partial charge in [0.15, 0.2) is 0 Å². The molecule has 0 fully saturated rings. The van der Waals surface area contributed by atoms with Crippen molar-refractivity contribution in [2.24, 2.45) is 0 Å². The van der Waals surface area contributed by atoms with Crippen molar-refractivity contribution in [1.29, 1.82) is 0 Å². The number of rotatable bonds is 1. The normalized spacial score (nSPS) is 22.0. The molecule has 1 N–H and O–H groups in total. The summed E-state index contributed by atoms with van der Waals surface area (Å²) in [6.07, 6.45) is 0. The molecule has 0 aliphatic carbocycles. The highest BCUT2D eigenvalue weighted by Crippen LogP contribution is 2.41. The number of hydrogen-bond donors (Lipinski definition) is 1. The minimum Gasteiger partial charge on any atom is -0.384 e. The topological polar surface area (TPSA) is 12.0 Å². The van der Waals surface area contributed by atoms with Crippen LogP contribution in [0, 0.1) is 0 Å². The highest BCUT2D eigenvalue weighted by molar-refractivity contribution is 9.10. The molecular weight excluding hydrogens is 274 g/mol. The Morgan fingerprint density at radius 2 is 1.94 bits per heavy atom. The fourth-order valence-corrected chi connectivity index (χ4v) is 2.97. The van der Waals surface area contributed by atoms with Crippen molar-refractivity contribution in [3.63, 3.8) is 0 Å². The number of halogens is 1. The van der Waals surface area contributed by atoms with Crippen molar-refractivity contribution in [1.82, 2.24) is 0 Å². The molecule has 1 unspecified atom stereocenters. The van der Waals surface area contributed by atoms with Crippen molar-refractivity contribution >= 4 is 21.6 Å². The van der Waals surface area contributed by atoms with Crippen LogP contribution in [0.2, 0.25) is 0 Å². The molecule has 1 aliphatic heterocycles. The molecule has 86 valence electrons. The Morgan fingerprint density at radius 1 is 1.12 bits per heavy atom. The van der Waals surface area contributed by atoms with Crippen LogP contribution < -0.4 is 5.32 Å². The maximum Gasteiger partial charge on any atom is 0.0382 e. The third kappa shape index (κ3) is 1.67. The van der Waals surface area contributed by atoms with E-state index < -0.39 is 0 Å². The van der Waals surface area contributed by atoms with Crippen molar-refractivity contribution in [2.75, 3.05) is 11.9 Å². The highest BCUT2D eigenvalue weighted by atomic mass is 79.9. The fourth-order valence-electron chi connectivity index (χ4n) is 2.57. The average molecular weight is 288 g/mol. The summed E-state index contributed by atoms with van der Waals surface area (Å²) in [5.41, 5.74) is 4.07. The highest BCUT2D eigenvalue weighted by Gasteiger charge is 2.35. The third-order valence-corrected chi connectivity index (χ3v) is 4.11. The quantitative estimate of drug-likeness (QED) is 0.830. The van der Waals surface area contributed by atoms with E-state index in [0.717, 1.165) is 11.0 Å². The van der Waals surface area contributed by atoms with Gasteiger partial charge in [0.1, 0.15) is 0 Å². The van der Waals surface area contributed by atoms with Crippen LogP contribution in [0.4, 0.5) is 5.69 Å². The number of para-hydroxylation sites is 1. The summed E-state index contributed by atoms with van der Waals surface area (Å²) in [4.78, 5) is 0. The van der Waals surface area contributed by atoms with Crippen molar-refractivity contribution in [2.45, 2.75) is 12.3 Å². The Labute approximate surface area is 110 Å². The molecule has 0 spiro atoms. The molecule has 0 bridgehead atoms. The summed E-state index contributed by atoms with van der Waals surface area (Å²) in [5, 5.41) is 3.49. The summed E-state index contributed by atoms with van der Waals surface area (Å²) in [6.45, 7) is 3.26.